The molecule has 3 nitrogen and oxygen atoms in total. The Balaban J connectivity index is 2.02. The first kappa shape index (κ1) is 17.2. The van der Waals surface area contributed by atoms with E-state index in [1.165, 1.54) is 9.78 Å². The minimum absolute atomic E-state index is 0.725. The van der Waals surface area contributed by atoms with Crippen LogP contribution in [-0.4, -0.2) is 37.2 Å². The molecule has 0 radical (unpaired) electrons. The van der Waals surface area contributed by atoms with E-state index < -0.39 is 0 Å². The Morgan fingerprint density at radius 2 is 2.00 bits per heavy atom. The number of rotatable bonds is 6. The predicted octanol–water partition coefficient (Wildman–Crippen LogP) is 2.75. The second kappa shape index (κ2) is 8.48. The molecule has 0 aliphatic carbocycles. The normalized spacial score (nSPS) is 10.7. The van der Waals surface area contributed by atoms with E-state index in [1.807, 2.05) is 24.3 Å². The summed E-state index contributed by atoms with van der Waals surface area (Å²) < 4.78 is 0. The number of anilines is 1. The van der Waals surface area contributed by atoms with E-state index in [9.17, 15) is 0 Å². The van der Waals surface area contributed by atoms with Gasteiger partial charge in [-0.25, -0.2) is 0 Å². The number of quaternary nitrogens is 1. The highest BCUT2D eigenvalue weighted by Gasteiger charge is 2.12. The van der Waals surface area contributed by atoms with Crippen LogP contribution in [0.25, 0.3) is 0 Å². The number of thiocarbonyl (C=S) groups is 1. The number of nitrogens with zero attached hydrogens (tertiary/aromatic N) is 1. The monoisotopic (exact) mass is 354 g/mol. The summed E-state index contributed by atoms with van der Waals surface area (Å²) in [6, 6.07) is 11.8. The van der Waals surface area contributed by atoms with E-state index in [4.69, 9.17) is 23.8 Å². The summed E-state index contributed by atoms with van der Waals surface area (Å²) in [5.41, 5.74) is 0.961. The highest BCUT2D eigenvalue weighted by Crippen LogP contribution is 2.16. The molecule has 0 unspecified atom stereocenters. The highest BCUT2D eigenvalue weighted by atomic mass is 35.5. The molecule has 6 heteroatoms. The quantitative estimate of drug-likeness (QED) is 0.778. The molecule has 22 heavy (non-hydrogen) atoms. The fourth-order valence-electron chi connectivity index (χ4n) is 1.94. The molecule has 2 N–H and O–H groups in total. The molecule has 0 fully saturated rings. The van der Waals surface area contributed by atoms with Gasteiger partial charge in [-0.05, 0) is 47.9 Å². The molecule has 0 aliphatic heterocycles. The predicted molar refractivity (Wildman–Crippen MR) is 100 cm³/mol. The van der Waals surface area contributed by atoms with Crippen LogP contribution >= 0.6 is 35.2 Å². The number of hydrogen-bond donors (Lipinski definition) is 2. The van der Waals surface area contributed by atoms with Crippen LogP contribution in [0.15, 0.2) is 41.8 Å². The fraction of sp³-hybridized carbons (Fsp3) is 0.312. The van der Waals surface area contributed by atoms with Crippen molar-refractivity contribution in [2.75, 3.05) is 32.5 Å². The summed E-state index contributed by atoms with van der Waals surface area (Å²) in [5, 5.41) is 6.87. The second-order valence-electron chi connectivity index (χ2n) is 5.40. The number of hydrogen-bond acceptors (Lipinski definition) is 2. The number of thiophene rings is 1. The van der Waals surface area contributed by atoms with E-state index in [0.717, 1.165) is 35.5 Å². The molecule has 2 rings (SSSR count). The van der Waals surface area contributed by atoms with Gasteiger partial charge < -0.3 is 15.1 Å². The molecule has 0 atom stereocenters. The van der Waals surface area contributed by atoms with E-state index >= 15 is 0 Å². The second-order valence-corrected chi connectivity index (χ2v) is 7.25. The average Bonchev–Trinajstić information content (AvgIpc) is 2.98. The summed E-state index contributed by atoms with van der Waals surface area (Å²) in [6.45, 7) is 2.79. The summed E-state index contributed by atoms with van der Waals surface area (Å²) in [4.78, 5) is 4.93. The molecule has 0 spiro atoms. The lowest BCUT2D eigenvalue weighted by Crippen LogP contribution is -3.06. The third kappa shape index (κ3) is 5.57. The number of benzene rings is 1. The molecule has 0 bridgehead atoms. The summed E-state index contributed by atoms with van der Waals surface area (Å²) in [7, 11) is 4.30. The van der Waals surface area contributed by atoms with Crippen molar-refractivity contribution in [2.45, 2.75) is 6.54 Å². The SMILES string of the molecule is C[NH+](C)CCN(Cc1cccs1)C(=S)Nc1ccc(Cl)cc1. The van der Waals surface area contributed by atoms with Crippen molar-refractivity contribution < 1.29 is 4.90 Å². The summed E-state index contributed by atoms with van der Waals surface area (Å²) in [5.74, 6) is 0. The molecule has 0 amide bonds. The summed E-state index contributed by atoms with van der Waals surface area (Å²) >= 11 is 13.3. The Hall–Kier alpha value is -1.14. The summed E-state index contributed by atoms with van der Waals surface area (Å²) in [6.07, 6.45) is 0. The molecule has 1 aromatic heterocycles. The van der Waals surface area contributed by atoms with Crippen LogP contribution in [0.2, 0.25) is 5.02 Å². The van der Waals surface area contributed by atoms with Crippen molar-refractivity contribution in [3.8, 4) is 0 Å². The lowest BCUT2D eigenvalue weighted by Gasteiger charge is -2.25. The van der Waals surface area contributed by atoms with Gasteiger partial charge in [0.25, 0.3) is 0 Å². The van der Waals surface area contributed by atoms with Gasteiger partial charge in [0.2, 0.25) is 0 Å². The molecule has 0 aliphatic rings. The van der Waals surface area contributed by atoms with Gasteiger partial charge in [-0.1, -0.05) is 17.7 Å². The Bertz CT molecular complexity index is 582. The Morgan fingerprint density at radius 1 is 1.27 bits per heavy atom. The molecule has 0 saturated carbocycles. The minimum atomic E-state index is 0.725. The van der Waals surface area contributed by atoms with Crippen molar-refractivity contribution >= 4 is 46.0 Å². The van der Waals surface area contributed by atoms with Crippen LogP contribution in [0.5, 0.6) is 0 Å². The Kier molecular flexibility index (Phi) is 6.64. The molecule has 1 heterocycles. The van der Waals surface area contributed by atoms with Gasteiger partial charge in [0.15, 0.2) is 5.11 Å². The van der Waals surface area contributed by atoms with Crippen molar-refractivity contribution in [2.24, 2.45) is 0 Å². The van der Waals surface area contributed by atoms with Crippen LogP contribution in [0.1, 0.15) is 4.88 Å². The third-order valence-electron chi connectivity index (χ3n) is 3.19. The maximum absolute atomic E-state index is 5.92. The van der Waals surface area contributed by atoms with Gasteiger partial charge in [-0.2, -0.15) is 0 Å². The van der Waals surface area contributed by atoms with Gasteiger partial charge in [0.1, 0.15) is 0 Å². The lowest BCUT2D eigenvalue weighted by atomic mass is 10.3. The number of likely N-dealkylation sites (N-methyl/N-ethyl adjacent to an activating group) is 1. The van der Waals surface area contributed by atoms with Gasteiger partial charge in [0, 0.05) is 15.6 Å². The highest BCUT2D eigenvalue weighted by molar-refractivity contribution is 7.80. The van der Waals surface area contributed by atoms with E-state index in [-0.39, 0.29) is 0 Å². The smallest absolute Gasteiger partial charge is 0.173 e. The lowest BCUT2D eigenvalue weighted by molar-refractivity contribution is -0.857. The van der Waals surface area contributed by atoms with E-state index in [0.29, 0.717) is 0 Å². The van der Waals surface area contributed by atoms with Gasteiger partial charge >= 0.3 is 0 Å². The van der Waals surface area contributed by atoms with Crippen molar-refractivity contribution in [1.29, 1.82) is 0 Å². The van der Waals surface area contributed by atoms with Gasteiger partial charge in [-0.15, -0.1) is 11.3 Å². The minimum Gasteiger partial charge on any atom is -0.338 e. The molecule has 118 valence electrons. The van der Waals surface area contributed by atoms with Crippen molar-refractivity contribution in [3.05, 3.63) is 51.7 Å². The van der Waals surface area contributed by atoms with E-state index in [2.05, 4.69) is 41.8 Å². The zero-order chi connectivity index (χ0) is 15.9. The van der Waals surface area contributed by atoms with Crippen LogP contribution < -0.4 is 10.2 Å². The molecule has 2 aromatic rings. The third-order valence-corrected chi connectivity index (χ3v) is 4.66. The first-order valence-electron chi connectivity index (χ1n) is 7.17. The topological polar surface area (TPSA) is 19.7 Å². The standard InChI is InChI=1S/C16H20ClN3S2/c1-19(2)9-10-20(12-15-4-3-11-22-15)16(21)18-14-7-5-13(17)6-8-14/h3-8,11H,9-10,12H2,1-2H3,(H,18,21)/p+1. The first-order chi connectivity index (χ1) is 10.5. The molecule has 0 saturated heterocycles. The number of nitrogens with one attached hydrogen (secondary N) is 2. The maximum Gasteiger partial charge on any atom is 0.173 e. The molecule has 1 aromatic carbocycles. The van der Waals surface area contributed by atoms with Crippen LogP contribution in [0.3, 0.4) is 0 Å². The fourth-order valence-corrected chi connectivity index (χ4v) is 3.06. The van der Waals surface area contributed by atoms with Crippen LogP contribution in [0.4, 0.5) is 5.69 Å². The van der Waals surface area contributed by atoms with Crippen molar-refractivity contribution in [1.82, 2.24) is 4.90 Å². The maximum atomic E-state index is 5.92. The van der Waals surface area contributed by atoms with Crippen LogP contribution in [0, 0.1) is 0 Å². The van der Waals surface area contributed by atoms with Crippen molar-refractivity contribution in [3.63, 3.8) is 0 Å². The first-order valence-corrected chi connectivity index (χ1v) is 8.84. The van der Waals surface area contributed by atoms with Crippen LogP contribution in [-0.2, 0) is 6.54 Å². The molecular weight excluding hydrogens is 334 g/mol. The zero-order valence-corrected chi connectivity index (χ0v) is 15.2. The van der Waals surface area contributed by atoms with E-state index in [1.54, 1.807) is 11.3 Å². The Labute approximate surface area is 146 Å². The Morgan fingerprint density at radius 3 is 2.59 bits per heavy atom. The number of halogens is 1. The largest absolute Gasteiger partial charge is 0.338 e. The molecular formula is C16H21ClN3S2+. The zero-order valence-electron chi connectivity index (χ0n) is 12.8. The average molecular weight is 355 g/mol. The van der Waals surface area contributed by atoms with Gasteiger partial charge in [0.05, 0.1) is 33.7 Å². The van der Waals surface area contributed by atoms with Gasteiger partial charge in [-0.3, -0.25) is 0 Å².